The van der Waals surface area contributed by atoms with Crippen molar-refractivity contribution in [3.8, 4) is 5.75 Å². The molecule has 0 heterocycles. The number of hydrogen-bond acceptors (Lipinski definition) is 3. The van der Waals surface area contributed by atoms with Gasteiger partial charge in [-0.15, -0.1) is 0 Å². The maximum Gasteiger partial charge on any atom is 0.341 e. The van der Waals surface area contributed by atoms with Gasteiger partial charge < -0.3 is 15.2 Å². The van der Waals surface area contributed by atoms with E-state index in [1.807, 2.05) is 25.1 Å². The van der Waals surface area contributed by atoms with Gasteiger partial charge in [0, 0.05) is 5.92 Å². The molecule has 0 spiro atoms. The first-order chi connectivity index (χ1) is 12.5. The maximum absolute atomic E-state index is 12.7. The molecular weight excluding hydrogens is 330 g/mol. The Morgan fingerprint density at radius 3 is 2.65 bits per heavy atom. The van der Waals surface area contributed by atoms with Crippen molar-refractivity contribution in [3.63, 3.8) is 0 Å². The van der Waals surface area contributed by atoms with Crippen LogP contribution in [0.4, 0.5) is 0 Å². The predicted octanol–water partition coefficient (Wildman–Crippen LogP) is 2.91. The fraction of sp³-hybridized carbons (Fsp3) is 0.333. The van der Waals surface area contributed by atoms with Gasteiger partial charge in [-0.3, -0.25) is 4.79 Å². The molecule has 5 nitrogen and oxygen atoms in total. The first kappa shape index (κ1) is 16.6. The van der Waals surface area contributed by atoms with Crippen LogP contribution in [0.3, 0.4) is 0 Å². The van der Waals surface area contributed by atoms with E-state index in [0.717, 1.165) is 12.0 Å². The fourth-order valence-corrected chi connectivity index (χ4v) is 4.10. The molecule has 1 amide bonds. The van der Waals surface area contributed by atoms with E-state index < -0.39 is 5.97 Å². The van der Waals surface area contributed by atoms with Gasteiger partial charge in [0.1, 0.15) is 5.75 Å². The number of carbonyl (C=O) groups is 2. The SMILES string of the molecule is CC(NC(=O)C1C2Cc3ccccc3C21)c1ccc(OCC(=O)O)cc1. The molecule has 2 N–H and O–H groups in total. The number of fused-ring (bicyclic) bond motifs is 3. The van der Waals surface area contributed by atoms with E-state index >= 15 is 0 Å². The Kier molecular flexibility index (Phi) is 4.15. The smallest absolute Gasteiger partial charge is 0.341 e. The Labute approximate surface area is 152 Å². The summed E-state index contributed by atoms with van der Waals surface area (Å²) in [5, 5.41) is 11.7. The van der Waals surface area contributed by atoms with Crippen LogP contribution >= 0.6 is 0 Å². The normalized spacial score (nSPS) is 23.5. The molecule has 1 saturated carbocycles. The molecule has 2 aromatic rings. The number of benzene rings is 2. The molecule has 0 aliphatic heterocycles. The molecule has 5 heteroatoms. The van der Waals surface area contributed by atoms with Gasteiger partial charge in [-0.1, -0.05) is 36.4 Å². The predicted molar refractivity (Wildman–Crippen MR) is 96.0 cm³/mol. The minimum atomic E-state index is -1.01. The van der Waals surface area contributed by atoms with Gasteiger partial charge in [0.15, 0.2) is 6.61 Å². The van der Waals surface area contributed by atoms with Gasteiger partial charge in [-0.05, 0) is 54.0 Å². The Bertz CT molecular complexity index is 845. The quantitative estimate of drug-likeness (QED) is 0.839. The third kappa shape index (κ3) is 3.05. The molecule has 0 radical (unpaired) electrons. The number of ether oxygens (including phenoxy) is 1. The first-order valence-electron chi connectivity index (χ1n) is 8.87. The molecular formula is C21H21NO4. The highest BCUT2D eigenvalue weighted by molar-refractivity contribution is 5.85. The zero-order valence-corrected chi connectivity index (χ0v) is 14.5. The molecule has 4 atom stereocenters. The summed E-state index contributed by atoms with van der Waals surface area (Å²) in [6.07, 6.45) is 1.00. The zero-order valence-electron chi connectivity index (χ0n) is 14.5. The van der Waals surface area contributed by atoms with E-state index in [2.05, 4.69) is 23.5 Å². The van der Waals surface area contributed by atoms with Crippen LogP contribution in [0.2, 0.25) is 0 Å². The summed E-state index contributed by atoms with van der Waals surface area (Å²) in [6, 6.07) is 15.5. The average Bonchev–Trinajstić information content (AvgIpc) is 3.22. The number of carboxylic acids is 1. The summed E-state index contributed by atoms with van der Waals surface area (Å²) in [6.45, 7) is 1.59. The lowest BCUT2D eigenvalue weighted by Crippen LogP contribution is -2.29. The molecule has 2 aliphatic rings. The van der Waals surface area contributed by atoms with Crippen molar-refractivity contribution in [2.24, 2.45) is 11.8 Å². The summed E-state index contributed by atoms with van der Waals surface area (Å²) < 4.78 is 5.13. The van der Waals surface area contributed by atoms with Gasteiger partial charge in [0.05, 0.1) is 6.04 Å². The van der Waals surface area contributed by atoms with Gasteiger partial charge >= 0.3 is 5.97 Å². The summed E-state index contributed by atoms with van der Waals surface area (Å²) in [7, 11) is 0. The van der Waals surface area contributed by atoms with Crippen LogP contribution < -0.4 is 10.1 Å². The standard InChI is InChI=1S/C21H21NO4/c1-12(13-6-8-15(9-7-13)26-11-18(23)24)22-21(25)20-17-10-14-4-2-3-5-16(14)19(17)20/h2-9,12,17,19-20H,10-11H2,1H3,(H,22,25)(H,23,24). The van der Waals surface area contributed by atoms with Crippen LogP contribution in [0.25, 0.3) is 0 Å². The maximum atomic E-state index is 12.7. The second-order valence-electron chi connectivity index (χ2n) is 7.10. The zero-order chi connectivity index (χ0) is 18.3. The lowest BCUT2D eigenvalue weighted by molar-refractivity contribution is -0.139. The monoisotopic (exact) mass is 351 g/mol. The fourth-order valence-electron chi connectivity index (χ4n) is 4.10. The third-order valence-corrected chi connectivity index (χ3v) is 5.44. The Morgan fingerprint density at radius 1 is 1.19 bits per heavy atom. The molecule has 1 fully saturated rings. The number of rotatable bonds is 6. The highest BCUT2D eigenvalue weighted by atomic mass is 16.5. The van der Waals surface area contributed by atoms with E-state index in [9.17, 15) is 9.59 Å². The van der Waals surface area contributed by atoms with Crippen molar-refractivity contribution in [2.75, 3.05) is 6.61 Å². The van der Waals surface area contributed by atoms with Gasteiger partial charge in [0.25, 0.3) is 0 Å². The topological polar surface area (TPSA) is 75.6 Å². The van der Waals surface area contributed by atoms with Crippen LogP contribution in [0.1, 0.15) is 35.6 Å². The number of carboxylic acid groups (broad SMARTS) is 1. The molecule has 134 valence electrons. The van der Waals surface area contributed by atoms with Crippen LogP contribution in [-0.2, 0) is 16.0 Å². The molecule has 0 aromatic heterocycles. The number of nitrogens with one attached hydrogen (secondary N) is 1. The molecule has 0 saturated heterocycles. The lowest BCUT2D eigenvalue weighted by atomic mass is 10.0. The van der Waals surface area contributed by atoms with Crippen molar-refractivity contribution >= 4 is 11.9 Å². The molecule has 2 aliphatic carbocycles. The number of amides is 1. The van der Waals surface area contributed by atoms with Gasteiger partial charge in [-0.25, -0.2) is 4.79 Å². The molecule has 0 bridgehead atoms. The average molecular weight is 351 g/mol. The highest BCUT2D eigenvalue weighted by Gasteiger charge is 2.59. The second kappa shape index (κ2) is 6.48. The minimum absolute atomic E-state index is 0.0884. The summed E-state index contributed by atoms with van der Waals surface area (Å²) in [5.41, 5.74) is 3.69. The van der Waals surface area contributed by atoms with Crippen LogP contribution in [-0.4, -0.2) is 23.6 Å². The Balaban J connectivity index is 1.35. The second-order valence-corrected chi connectivity index (χ2v) is 7.10. The summed E-state index contributed by atoms with van der Waals surface area (Å²) >= 11 is 0. The van der Waals surface area contributed by atoms with Crippen LogP contribution in [0.15, 0.2) is 48.5 Å². The van der Waals surface area contributed by atoms with E-state index in [0.29, 0.717) is 17.6 Å². The molecule has 4 rings (SSSR count). The minimum Gasteiger partial charge on any atom is -0.482 e. The van der Waals surface area contributed by atoms with E-state index in [1.165, 1.54) is 11.1 Å². The number of carbonyl (C=O) groups excluding carboxylic acids is 1. The first-order valence-corrected chi connectivity index (χ1v) is 8.87. The van der Waals surface area contributed by atoms with Crippen LogP contribution in [0, 0.1) is 11.8 Å². The molecule has 26 heavy (non-hydrogen) atoms. The number of hydrogen-bond donors (Lipinski definition) is 2. The summed E-state index contributed by atoms with van der Waals surface area (Å²) in [5.74, 6) is 0.532. The Hall–Kier alpha value is -2.82. The Morgan fingerprint density at radius 2 is 1.92 bits per heavy atom. The van der Waals surface area contributed by atoms with E-state index in [-0.39, 0.29) is 24.5 Å². The third-order valence-electron chi connectivity index (χ3n) is 5.44. The van der Waals surface area contributed by atoms with Crippen molar-refractivity contribution in [1.82, 2.24) is 5.32 Å². The summed E-state index contributed by atoms with van der Waals surface area (Å²) in [4.78, 5) is 23.2. The van der Waals surface area contributed by atoms with Crippen molar-refractivity contribution in [1.29, 1.82) is 0 Å². The van der Waals surface area contributed by atoms with Crippen molar-refractivity contribution < 1.29 is 19.4 Å². The van der Waals surface area contributed by atoms with E-state index in [4.69, 9.17) is 9.84 Å². The van der Waals surface area contributed by atoms with Crippen molar-refractivity contribution in [3.05, 3.63) is 65.2 Å². The van der Waals surface area contributed by atoms with Gasteiger partial charge in [0.2, 0.25) is 5.91 Å². The lowest BCUT2D eigenvalue weighted by Gasteiger charge is -2.16. The van der Waals surface area contributed by atoms with Crippen molar-refractivity contribution in [2.45, 2.75) is 25.3 Å². The van der Waals surface area contributed by atoms with Gasteiger partial charge in [-0.2, -0.15) is 0 Å². The van der Waals surface area contributed by atoms with E-state index in [1.54, 1.807) is 12.1 Å². The molecule has 4 unspecified atom stereocenters. The van der Waals surface area contributed by atoms with Crippen LogP contribution in [0.5, 0.6) is 5.75 Å². The number of aliphatic carboxylic acids is 1. The largest absolute Gasteiger partial charge is 0.482 e. The molecule has 2 aromatic carbocycles. The highest BCUT2D eigenvalue weighted by Crippen LogP contribution is 2.61.